The Bertz CT molecular complexity index is 3280. The first-order chi connectivity index (χ1) is 28.6. The summed E-state index contributed by atoms with van der Waals surface area (Å²) in [6.45, 7) is -5.70. The molecule has 2 nitrogen and oxygen atoms in total. The molecule has 0 saturated carbocycles. The van der Waals surface area contributed by atoms with Crippen molar-refractivity contribution in [2.75, 3.05) is 0 Å². The molecule has 1 aliphatic carbocycles. The maximum Gasteiger partial charge on any atom is 0.0548 e. The maximum atomic E-state index is 8.81. The molecule has 53 heavy (non-hydrogen) atoms. The average Bonchev–Trinajstić information content (AvgIpc) is 3.88. The second kappa shape index (κ2) is 11.2. The number of hydrogen-bond acceptors (Lipinski definition) is 0. The molecular weight excluding hydrogens is 641 g/mol. The highest BCUT2D eigenvalue weighted by molar-refractivity contribution is 6.29. The molecule has 0 aliphatic heterocycles. The number of para-hydroxylation sites is 2. The van der Waals surface area contributed by atoms with Gasteiger partial charge in [0.2, 0.25) is 0 Å². The van der Waals surface area contributed by atoms with Gasteiger partial charge in [0.15, 0.2) is 0 Å². The lowest BCUT2D eigenvalue weighted by atomic mass is 9.82. The van der Waals surface area contributed by atoms with Gasteiger partial charge in [-0.05, 0) is 93.0 Å². The average molecular weight is 683 g/mol. The molecule has 0 amide bonds. The third-order valence-corrected chi connectivity index (χ3v) is 11.2. The Morgan fingerprint density at radius 3 is 1.58 bits per heavy atom. The van der Waals surface area contributed by atoms with Crippen molar-refractivity contribution in [3.05, 3.63) is 193 Å². The predicted octanol–water partition coefficient (Wildman–Crippen LogP) is 13.5. The standard InChI is InChI=1S/C51H36N2/c1-51(2)43-20-9-6-17-39(43)40-28-27-38(32-44(40)51)53-46-22-11-8-19-42(46)50-48(53)30-29-47-49(50)41-18-7-10-21-45(41)52(47)37-16-12-15-36(31-37)35-25-23-34(24-26-35)33-13-4-3-5-14-33/h3-32H,1-2H3/i1D3,2D3. The molecule has 11 rings (SSSR count). The minimum absolute atomic E-state index is 0.300. The van der Waals surface area contributed by atoms with Crippen molar-refractivity contribution in [3.8, 4) is 44.8 Å². The van der Waals surface area contributed by atoms with E-state index in [4.69, 9.17) is 8.22 Å². The molecular formula is C51H36N2. The topological polar surface area (TPSA) is 9.86 Å². The molecule has 2 aromatic heterocycles. The van der Waals surface area contributed by atoms with E-state index in [1.54, 1.807) is 12.1 Å². The van der Waals surface area contributed by atoms with Gasteiger partial charge >= 0.3 is 0 Å². The van der Waals surface area contributed by atoms with E-state index < -0.39 is 19.1 Å². The highest BCUT2D eigenvalue weighted by atomic mass is 15.0. The van der Waals surface area contributed by atoms with Crippen LogP contribution in [0.5, 0.6) is 0 Å². The minimum Gasteiger partial charge on any atom is -0.309 e. The van der Waals surface area contributed by atoms with Crippen molar-refractivity contribution in [1.82, 2.24) is 9.13 Å². The van der Waals surface area contributed by atoms with Gasteiger partial charge in [0.1, 0.15) is 0 Å². The van der Waals surface area contributed by atoms with E-state index in [1.807, 2.05) is 48.5 Å². The van der Waals surface area contributed by atoms with Crippen LogP contribution in [-0.4, -0.2) is 9.13 Å². The highest BCUT2D eigenvalue weighted by Gasteiger charge is 2.35. The monoisotopic (exact) mass is 682 g/mol. The summed E-state index contributed by atoms with van der Waals surface area (Å²) in [7, 11) is 0. The third kappa shape index (κ3) is 4.33. The summed E-state index contributed by atoms with van der Waals surface area (Å²) < 4.78 is 57.4. The first-order valence-corrected chi connectivity index (χ1v) is 18.0. The van der Waals surface area contributed by atoms with Crippen molar-refractivity contribution in [3.63, 3.8) is 0 Å². The molecule has 0 spiro atoms. The van der Waals surface area contributed by atoms with Crippen LogP contribution in [0.2, 0.25) is 0 Å². The van der Waals surface area contributed by atoms with Crippen LogP contribution in [-0.2, 0) is 5.41 Å². The molecule has 0 atom stereocenters. The Labute approximate surface area is 317 Å². The molecule has 0 radical (unpaired) electrons. The van der Waals surface area contributed by atoms with Crippen LogP contribution < -0.4 is 0 Å². The third-order valence-electron chi connectivity index (χ3n) is 11.2. The van der Waals surface area contributed by atoms with Gasteiger partial charge in [-0.25, -0.2) is 0 Å². The fourth-order valence-corrected chi connectivity index (χ4v) is 8.79. The molecule has 0 fully saturated rings. The molecule has 0 bridgehead atoms. The Balaban J connectivity index is 1.13. The second-order valence-electron chi connectivity index (χ2n) is 14.1. The van der Waals surface area contributed by atoms with E-state index in [2.05, 4.69) is 130 Å². The molecule has 0 unspecified atom stereocenters. The summed E-state index contributed by atoms with van der Waals surface area (Å²) in [4.78, 5) is 0. The molecule has 250 valence electrons. The zero-order valence-corrected chi connectivity index (χ0v) is 28.7. The van der Waals surface area contributed by atoms with Gasteiger partial charge in [0, 0.05) is 46.6 Å². The van der Waals surface area contributed by atoms with Crippen molar-refractivity contribution < 1.29 is 8.22 Å². The Morgan fingerprint density at radius 2 is 0.906 bits per heavy atom. The lowest BCUT2D eigenvalue weighted by Crippen LogP contribution is -2.15. The Morgan fingerprint density at radius 1 is 0.377 bits per heavy atom. The van der Waals surface area contributed by atoms with E-state index in [1.165, 1.54) is 11.1 Å². The number of benzene rings is 8. The van der Waals surface area contributed by atoms with E-state index in [-0.39, 0.29) is 0 Å². The van der Waals surface area contributed by atoms with E-state index in [0.29, 0.717) is 27.9 Å². The fourth-order valence-electron chi connectivity index (χ4n) is 8.79. The molecule has 10 aromatic rings. The van der Waals surface area contributed by atoms with Gasteiger partial charge in [0.25, 0.3) is 0 Å². The molecule has 1 aliphatic rings. The largest absolute Gasteiger partial charge is 0.309 e. The van der Waals surface area contributed by atoms with E-state index in [9.17, 15) is 0 Å². The van der Waals surface area contributed by atoms with Crippen LogP contribution in [0.1, 0.15) is 33.1 Å². The Hall–Kier alpha value is -6.64. The van der Waals surface area contributed by atoms with Crippen LogP contribution in [0, 0.1) is 0 Å². The Kier molecular flexibility index (Phi) is 5.17. The van der Waals surface area contributed by atoms with Crippen LogP contribution in [0.3, 0.4) is 0 Å². The summed E-state index contributed by atoms with van der Waals surface area (Å²) >= 11 is 0. The lowest BCUT2D eigenvalue weighted by molar-refractivity contribution is 0.660. The van der Waals surface area contributed by atoms with Gasteiger partial charge < -0.3 is 9.13 Å². The summed E-state index contributed by atoms with van der Waals surface area (Å²) in [5.41, 5.74) is 10.1. The SMILES string of the molecule is [2H]C([2H])([2H])C1(C([2H])([2H])[2H])c2ccccc2-c2ccc(-n3c4ccccc4c4c5c6ccccc6n(-c6cccc(-c7ccc(-c8ccccc8)cc7)c6)c5ccc43)cc21. The summed E-state index contributed by atoms with van der Waals surface area (Å²) in [6.07, 6.45) is 0. The van der Waals surface area contributed by atoms with Crippen LogP contribution in [0.4, 0.5) is 0 Å². The molecule has 2 heteroatoms. The van der Waals surface area contributed by atoms with E-state index >= 15 is 0 Å². The number of hydrogen-bond donors (Lipinski definition) is 0. The first-order valence-electron chi connectivity index (χ1n) is 21.0. The molecule has 2 heterocycles. The van der Waals surface area contributed by atoms with Gasteiger partial charge in [-0.15, -0.1) is 0 Å². The highest BCUT2D eigenvalue weighted by Crippen LogP contribution is 2.50. The number of aromatic nitrogens is 2. The van der Waals surface area contributed by atoms with Crippen LogP contribution in [0.25, 0.3) is 88.4 Å². The molecule has 8 aromatic carbocycles. The van der Waals surface area contributed by atoms with Crippen LogP contribution >= 0.6 is 0 Å². The van der Waals surface area contributed by atoms with Gasteiger partial charge in [-0.2, -0.15) is 0 Å². The number of fused-ring (bicyclic) bond motifs is 10. The summed E-state index contributed by atoms with van der Waals surface area (Å²) in [6, 6.07) is 61.7. The predicted molar refractivity (Wildman–Crippen MR) is 224 cm³/mol. The molecule has 0 N–H and O–H groups in total. The first kappa shape index (κ1) is 24.5. The van der Waals surface area contributed by atoms with Crippen molar-refractivity contribution in [2.45, 2.75) is 19.1 Å². The quantitative estimate of drug-likeness (QED) is 0.175. The van der Waals surface area contributed by atoms with Crippen molar-refractivity contribution in [1.29, 1.82) is 0 Å². The van der Waals surface area contributed by atoms with Crippen LogP contribution in [0.15, 0.2) is 182 Å². The van der Waals surface area contributed by atoms with E-state index in [0.717, 1.165) is 60.4 Å². The summed E-state index contributed by atoms with van der Waals surface area (Å²) in [5, 5.41) is 4.34. The minimum atomic E-state index is -2.85. The van der Waals surface area contributed by atoms with Gasteiger partial charge in [0.05, 0.1) is 22.1 Å². The normalized spacial score (nSPS) is 15.4. The summed E-state index contributed by atoms with van der Waals surface area (Å²) in [5.74, 6) is 0. The lowest BCUT2D eigenvalue weighted by Gasteiger charge is -2.22. The van der Waals surface area contributed by atoms with Crippen molar-refractivity contribution in [2.24, 2.45) is 0 Å². The number of nitrogens with zero attached hydrogens (tertiary/aromatic N) is 2. The zero-order valence-electron chi connectivity index (χ0n) is 34.7. The fraction of sp³-hybridized carbons (Fsp3) is 0.0588. The maximum absolute atomic E-state index is 8.81. The number of rotatable bonds is 4. The van der Waals surface area contributed by atoms with Gasteiger partial charge in [-0.3, -0.25) is 0 Å². The zero-order chi connectivity index (χ0) is 40.3. The smallest absolute Gasteiger partial charge is 0.0548 e. The van der Waals surface area contributed by atoms with Gasteiger partial charge in [-0.1, -0.05) is 147 Å². The molecule has 0 saturated heterocycles. The second-order valence-corrected chi connectivity index (χ2v) is 14.1. The van der Waals surface area contributed by atoms with Crippen molar-refractivity contribution >= 4 is 43.6 Å².